The third kappa shape index (κ3) is 6.38. The number of hydrogen-bond acceptors (Lipinski definition) is 2. The minimum atomic E-state index is -0.263. The summed E-state index contributed by atoms with van der Waals surface area (Å²) in [5, 5.41) is 3.04. The van der Waals surface area contributed by atoms with Gasteiger partial charge in [0.05, 0.1) is 6.61 Å². The van der Waals surface area contributed by atoms with Crippen LogP contribution in [0.5, 0.6) is 5.75 Å². The minimum absolute atomic E-state index is 0.263. The number of hydrogen-bond donors (Lipinski definition) is 1. The van der Waals surface area contributed by atoms with Gasteiger partial charge in [-0.25, -0.2) is 4.39 Å². The summed E-state index contributed by atoms with van der Waals surface area (Å²) in [6, 6.07) is 5.08. The molecule has 0 aliphatic rings. The van der Waals surface area contributed by atoms with Gasteiger partial charge >= 0.3 is 0 Å². The van der Waals surface area contributed by atoms with Gasteiger partial charge in [0.15, 0.2) is 11.6 Å². The van der Waals surface area contributed by atoms with E-state index in [1.54, 1.807) is 6.07 Å². The van der Waals surface area contributed by atoms with E-state index in [0.717, 1.165) is 12.0 Å². The van der Waals surface area contributed by atoms with Crippen LogP contribution in [0.1, 0.15) is 57.4 Å². The Morgan fingerprint density at radius 2 is 1.75 bits per heavy atom. The highest BCUT2D eigenvalue weighted by Crippen LogP contribution is 2.23. The monoisotopic (exact) mass is 281 g/mol. The van der Waals surface area contributed by atoms with Gasteiger partial charge in [0.2, 0.25) is 0 Å². The van der Waals surface area contributed by atoms with Gasteiger partial charge in [0.1, 0.15) is 0 Å². The zero-order valence-electron chi connectivity index (χ0n) is 12.9. The van der Waals surface area contributed by atoms with E-state index in [2.05, 4.69) is 12.2 Å². The van der Waals surface area contributed by atoms with Gasteiger partial charge < -0.3 is 10.1 Å². The van der Waals surface area contributed by atoms with Gasteiger partial charge in [-0.05, 0) is 19.5 Å². The number of rotatable bonds is 11. The Bertz CT molecular complexity index is 368. The summed E-state index contributed by atoms with van der Waals surface area (Å²) in [6.07, 6.45) is 8.67. The molecular formula is C17H28FNO. The van der Waals surface area contributed by atoms with Crippen molar-refractivity contribution in [3.63, 3.8) is 0 Å². The molecule has 0 amide bonds. The smallest absolute Gasteiger partial charge is 0.165 e. The topological polar surface area (TPSA) is 21.3 Å². The molecular weight excluding hydrogens is 253 g/mol. The molecule has 0 spiro atoms. The highest BCUT2D eigenvalue weighted by Gasteiger charge is 2.08. The third-order valence-electron chi connectivity index (χ3n) is 3.41. The second-order valence-electron chi connectivity index (χ2n) is 5.23. The van der Waals surface area contributed by atoms with Crippen LogP contribution in [-0.2, 0) is 6.54 Å². The van der Waals surface area contributed by atoms with Gasteiger partial charge in [-0.15, -0.1) is 0 Å². The number of halogens is 1. The fourth-order valence-electron chi connectivity index (χ4n) is 2.28. The van der Waals surface area contributed by atoms with E-state index in [4.69, 9.17) is 4.74 Å². The van der Waals surface area contributed by atoms with Crippen molar-refractivity contribution in [1.82, 2.24) is 5.32 Å². The van der Waals surface area contributed by atoms with Crippen molar-refractivity contribution < 1.29 is 9.13 Å². The lowest BCUT2D eigenvalue weighted by molar-refractivity contribution is 0.286. The van der Waals surface area contributed by atoms with Crippen molar-refractivity contribution in [2.75, 3.05) is 13.7 Å². The van der Waals surface area contributed by atoms with Crippen LogP contribution < -0.4 is 10.1 Å². The maximum Gasteiger partial charge on any atom is 0.165 e. The Hall–Kier alpha value is -1.09. The molecule has 0 heterocycles. The quantitative estimate of drug-likeness (QED) is 0.595. The van der Waals surface area contributed by atoms with Crippen LogP contribution in [0.15, 0.2) is 18.2 Å². The van der Waals surface area contributed by atoms with E-state index in [-0.39, 0.29) is 5.82 Å². The summed E-state index contributed by atoms with van der Waals surface area (Å²) in [6.45, 7) is 3.46. The van der Waals surface area contributed by atoms with Crippen LogP contribution in [0.2, 0.25) is 0 Å². The lowest BCUT2D eigenvalue weighted by Gasteiger charge is -2.12. The average molecular weight is 281 g/mol. The molecule has 0 aliphatic carbocycles. The molecule has 3 heteroatoms. The number of ether oxygens (including phenoxy) is 1. The average Bonchev–Trinajstić information content (AvgIpc) is 2.44. The summed E-state index contributed by atoms with van der Waals surface area (Å²) in [5.74, 6) is 0.147. The van der Waals surface area contributed by atoms with Crippen molar-refractivity contribution in [2.24, 2.45) is 0 Å². The van der Waals surface area contributed by atoms with Gasteiger partial charge in [-0.3, -0.25) is 0 Å². The summed E-state index contributed by atoms with van der Waals surface area (Å²) in [5.41, 5.74) is 0.885. The second kappa shape index (κ2) is 10.7. The maximum atomic E-state index is 13.7. The molecule has 0 saturated carbocycles. The molecule has 1 N–H and O–H groups in total. The van der Waals surface area contributed by atoms with Crippen molar-refractivity contribution in [1.29, 1.82) is 0 Å². The lowest BCUT2D eigenvalue weighted by Crippen LogP contribution is -2.09. The normalized spacial score (nSPS) is 10.8. The highest BCUT2D eigenvalue weighted by atomic mass is 19.1. The van der Waals surface area contributed by atoms with E-state index in [9.17, 15) is 4.39 Å². The molecule has 0 atom stereocenters. The Morgan fingerprint density at radius 3 is 2.45 bits per heavy atom. The first-order chi connectivity index (χ1) is 9.79. The molecule has 20 heavy (non-hydrogen) atoms. The second-order valence-corrected chi connectivity index (χ2v) is 5.23. The number of unbranched alkanes of at least 4 members (excludes halogenated alkanes) is 6. The summed E-state index contributed by atoms with van der Waals surface area (Å²) >= 11 is 0. The molecule has 0 aliphatic heterocycles. The zero-order chi connectivity index (χ0) is 14.6. The highest BCUT2D eigenvalue weighted by molar-refractivity contribution is 5.34. The molecule has 0 radical (unpaired) electrons. The van der Waals surface area contributed by atoms with E-state index in [1.807, 2.05) is 13.1 Å². The molecule has 0 saturated heterocycles. The molecule has 1 aromatic carbocycles. The Morgan fingerprint density at radius 1 is 1.05 bits per heavy atom. The first-order valence-electron chi connectivity index (χ1n) is 7.84. The fraction of sp³-hybridized carbons (Fsp3) is 0.647. The zero-order valence-corrected chi connectivity index (χ0v) is 12.9. The predicted molar refractivity (Wildman–Crippen MR) is 82.7 cm³/mol. The van der Waals surface area contributed by atoms with Gasteiger partial charge in [-0.1, -0.05) is 57.6 Å². The standard InChI is InChI=1S/C17H28FNO/c1-3-4-5-6-7-8-9-13-20-17-15(14-19-2)11-10-12-16(17)18/h10-12,19H,3-9,13-14H2,1-2H3. The number of nitrogens with one attached hydrogen (secondary N) is 1. The van der Waals surface area contributed by atoms with Gasteiger partial charge in [0, 0.05) is 12.1 Å². The molecule has 0 unspecified atom stereocenters. The van der Waals surface area contributed by atoms with Crippen LogP contribution >= 0.6 is 0 Å². The Labute approximate surface area is 122 Å². The fourth-order valence-corrected chi connectivity index (χ4v) is 2.28. The first kappa shape index (κ1) is 17.0. The van der Waals surface area contributed by atoms with Gasteiger partial charge in [-0.2, -0.15) is 0 Å². The SMILES string of the molecule is CCCCCCCCCOc1c(F)cccc1CNC. The van der Waals surface area contributed by atoms with Crippen LogP contribution in [-0.4, -0.2) is 13.7 Å². The molecule has 0 bridgehead atoms. The first-order valence-corrected chi connectivity index (χ1v) is 7.84. The predicted octanol–water partition coefficient (Wildman–Crippen LogP) is 4.67. The molecule has 0 aromatic heterocycles. The molecule has 1 aromatic rings. The summed E-state index contributed by atoms with van der Waals surface area (Å²) in [4.78, 5) is 0. The van der Waals surface area contributed by atoms with Crippen molar-refractivity contribution in [3.8, 4) is 5.75 Å². The minimum Gasteiger partial charge on any atom is -0.490 e. The van der Waals surface area contributed by atoms with Crippen molar-refractivity contribution in [3.05, 3.63) is 29.6 Å². The Balaban J connectivity index is 2.24. The van der Waals surface area contributed by atoms with Crippen LogP contribution in [0.25, 0.3) is 0 Å². The molecule has 1 rings (SSSR count). The van der Waals surface area contributed by atoms with Crippen LogP contribution in [0.3, 0.4) is 0 Å². The Kier molecular flexibility index (Phi) is 9.05. The van der Waals surface area contributed by atoms with Crippen molar-refractivity contribution >= 4 is 0 Å². The molecule has 2 nitrogen and oxygen atoms in total. The molecule has 0 fully saturated rings. The van der Waals surface area contributed by atoms with E-state index in [0.29, 0.717) is 18.9 Å². The van der Waals surface area contributed by atoms with Crippen LogP contribution in [0, 0.1) is 5.82 Å². The van der Waals surface area contributed by atoms with E-state index < -0.39 is 0 Å². The van der Waals surface area contributed by atoms with Crippen LogP contribution in [0.4, 0.5) is 4.39 Å². The lowest BCUT2D eigenvalue weighted by atomic mass is 10.1. The third-order valence-corrected chi connectivity index (χ3v) is 3.41. The number of benzene rings is 1. The maximum absolute atomic E-state index is 13.7. The van der Waals surface area contributed by atoms with E-state index in [1.165, 1.54) is 44.6 Å². The van der Waals surface area contributed by atoms with E-state index >= 15 is 0 Å². The van der Waals surface area contributed by atoms with Crippen molar-refractivity contribution in [2.45, 2.75) is 58.4 Å². The largest absolute Gasteiger partial charge is 0.490 e. The van der Waals surface area contributed by atoms with Gasteiger partial charge in [0.25, 0.3) is 0 Å². The summed E-state index contributed by atoms with van der Waals surface area (Å²) < 4.78 is 19.4. The number of para-hydroxylation sites is 1. The summed E-state index contributed by atoms with van der Waals surface area (Å²) in [7, 11) is 1.85. The molecule has 114 valence electrons.